The van der Waals surface area contributed by atoms with Crippen LogP contribution in [0.3, 0.4) is 0 Å². The van der Waals surface area contributed by atoms with Gasteiger partial charge in [0.1, 0.15) is 5.75 Å². The third kappa shape index (κ3) is 2.37. The minimum atomic E-state index is -0.101. The number of carbonyl (C=O) groups excluding carboxylic acids is 1. The molecule has 1 aliphatic rings. The fraction of sp³-hybridized carbons (Fsp3) is 0.188. The van der Waals surface area contributed by atoms with Gasteiger partial charge in [0, 0.05) is 5.56 Å². The van der Waals surface area contributed by atoms with Gasteiger partial charge in [0.05, 0.1) is 19.2 Å². The summed E-state index contributed by atoms with van der Waals surface area (Å²) in [6.45, 7) is 0. The van der Waals surface area contributed by atoms with Crippen molar-refractivity contribution in [2.24, 2.45) is 0 Å². The van der Waals surface area contributed by atoms with Crippen molar-refractivity contribution in [3.05, 3.63) is 65.7 Å². The van der Waals surface area contributed by atoms with E-state index in [-0.39, 0.29) is 17.9 Å². The van der Waals surface area contributed by atoms with Gasteiger partial charge in [-0.05, 0) is 29.8 Å². The topological polar surface area (TPSA) is 48.2 Å². The van der Waals surface area contributed by atoms with Gasteiger partial charge in [0.25, 0.3) is 0 Å². The molecule has 0 saturated carbocycles. The molecule has 3 rings (SSSR count). The zero-order valence-corrected chi connectivity index (χ0v) is 10.7. The molecule has 0 bridgehead atoms. The number of nitrogens with one attached hydrogen (secondary N) is 1. The van der Waals surface area contributed by atoms with Crippen molar-refractivity contribution in [2.75, 3.05) is 7.11 Å². The van der Waals surface area contributed by atoms with Crippen LogP contribution in [-0.4, -0.2) is 18.9 Å². The maximum atomic E-state index is 12.3. The maximum Gasteiger partial charge on any atom is 0.181 e. The molecule has 1 heterocycles. The Bertz CT molecular complexity index is 577. The van der Waals surface area contributed by atoms with E-state index in [2.05, 4.69) is 5.32 Å². The van der Waals surface area contributed by atoms with Crippen LogP contribution in [0.1, 0.15) is 22.0 Å². The van der Waals surface area contributed by atoms with Gasteiger partial charge in [-0.25, -0.2) is 0 Å². The average molecular weight is 253 g/mol. The molecule has 0 aromatic heterocycles. The molecule has 2 aromatic rings. The highest BCUT2D eigenvalue weighted by Gasteiger charge is 2.43. The molecule has 3 heteroatoms. The van der Waals surface area contributed by atoms with Crippen LogP contribution in [0.5, 0.6) is 5.75 Å². The quantitative estimate of drug-likeness (QED) is 0.673. The van der Waals surface area contributed by atoms with E-state index in [0.717, 1.165) is 16.9 Å². The molecule has 1 fully saturated rings. The average Bonchev–Trinajstić information content (AvgIpc) is 3.28. The van der Waals surface area contributed by atoms with Gasteiger partial charge in [0.15, 0.2) is 5.78 Å². The molecule has 2 aromatic carbocycles. The van der Waals surface area contributed by atoms with Gasteiger partial charge in [-0.15, -0.1) is 0 Å². The lowest BCUT2D eigenvalue weighted by Crippen LogP contribution is -2.10. The van der Waals surface area contributed by atoms with Gasteiger partial charge >= 0.3 is 0 Å². The van der Waals surface area contributed by atoms with Crippen LogP contribution in [0.15, 0.2) is 54.6 Å². The number of benzene rings is 2. The largest absolute Gasteiger partial charge is 0.497 e. The third-order valence-corrected chi connectivity index (χ3v) is 3.40. The Kier molecular flexibility index (Phi) is 3.05. The lowest BCUT2D eigenvalue weighted by molar-refractivity contribution is 0.0988. The van der Waals surface area contributed by atoms with E-state index in [1.807, 2.05) is 54.6 Å². The number of ether oxygens (including phenoxy) is 1. The molecular weight excluding hydrogens is 238 g/mol. The molecule has 1 saturated heterocycles. The molecule has 2 atom stereocenters. The zero-order valence-electron chi connectivity index (χ0n) is 10.7. The van der Waals surface area contributed by atoms with Gasteiger partial charge < -0.3 is 4.74 Å². The molecule has 0 radical (unpaired) electrons. The van der Waals surface area contributed by atoms with Crippen molar-refractivity contribution < 1.29 is 9.53 Å². The summed E-state index contributed by atoms with van der Waals surface area (Å²) < 4.78 is 5.09. The van der Waals surface area contributed by atoms with E-state index in [4.69, 9.17) is 4.74 Å². The van der Waals surface area contributed by atoms with E-state index in [1.54, 1.807) is 7.11 Å². The molecule has 1 N–H and O–H groups in total. The van der Waals surface area contributed by atoms with Crippen LogP contribution in [0.4, 0.5) is 0 Å². The number of rotatable bonds is 4. The van der Waals surface area contributed by atoms with Gasteiger partial charge in [-0.1, -0.05) is 30.3 Å². The van der Waals surface area contributed by atoms with E-state index < -0.39 is 0 Å². The maximum absolute atomic E-state index is 12.3. The zero-order chi connectivity index (χ0) is 13.2. The Labute approximate surface area is 112 Å². The Hall–Kier alpha value is -2.13. The Morgan fingerprint density at radius 1 is 1.05 bits per heavy atom. The molecule has 0 amide bonds. The third-order valence-electron chi connectivity index (χ3n) is 3.40. The number of carbonyl (C=O) groups is 1. The second-order valence-electron chi connectivity index (χ2n) is 4.63. The molecule has 0 spiro atoms. The van der Waals surface area contributed by atoms with Crippen LogP contribution in [0.2, 0.25) is 0 Å². The fourth-order valence-electron chi connectivity index (χ4n) is 2.25. The Balaban J connectivity index is 1.72. The lowest BCUT2D eigenvalue weighted by atomic mass is 10.0. The van der Waals surface area contributed by atoms with Crippen LogP contribution < -0.4 is 10.1 Å². The summed E-state index contributed by atoms with van der Waals surface area (Å²) in [7, 11) is 1.62. The highest BCUT2D eigenvalue weighted by molar-refractivity contribution is 6.02. The van der Waals surface area contributed by atoms with Crippen molar-refractivity contribution >= 4 is 5.78 Å². The number of hydrogen-bond donors (Lipinski definition) is 1. The first kappa shape index (κ1) is 11.9. The number of ketones is 1. The minimum Gasteiger partial charge on any atom is -0.497 e. The highest BCUT2D eigenvalue weighted by Crippen LogP contribution is 2.32. The predicted octanol–water partition coefficient (Wildman–Crippen LogP) is 2.59. The second kappa shape index (κ2) is 4.86. The summed E-state index contributed by atoms with van der Waals surface area (Å²) in [5.74, 6) is 0.899. The first-order chi connectivity index (χ1) is 9.29. The first-order valence-electron chi connectivity index (χ1n) is 6.29. The van der Waals surface area contributed by atoms with E-state index in [0.29, 0.717) is 0 Å². The molecule has 0 unspecified atom stereocenters. The summed E-state index contributed by atoms with van der Waals surface area (Å²) in [5.41, 5.74) is 1.88. The van der Waals surface area contributed by atoms with Crippen molar-refractivity contribution in [1.82, 2.24) is 5.32 Å². The van der Waals surface area contributed by atoms with Crippen LogP contribution in [-0.2, 0) is 0 Å². The molecule has 19 heavy (non-hydrogen) atoms. The van der Waals surface area contributed by atoms with E-state index in [9.17, 15) is 4.79 Å². The summed E-state index contributed by atoms with van der Waals surface area (Å²) in [4.78, 5) is 12.3. The monoisotopic (exact) mass is 253 g/mol. The SMILES string of the molecule is COc1ccc(C(=O)[C@@H]2N[C@H]2c2ccccc2)cc1. The van der Waals surface area contributed by atoms with Crippen molar-refractivity contribution in [3.8, 4) is 5.75 Å². The van der Waals surface area contributed by atoms with Crippen LogP contribution >= 0.6 is 0 Å². The summed E-state index contributed by atoms with van der Waals surface area (Å²) in [6, 6.07) is 17.3. The van der Waals surface area contributed by atoms with Gasteiger partial charge in [0.2, 0.25) is 0 Å². The summed E-state index contributed by atoms with van der Waals surface area (Å²) >= 11 is 0. The summed E-state index contributed by atoms with van der Waals surface area (Å²) in [5, 5.41) is 3.23. The first-order valence-corrected chi connectivity index (χ1v) is 6.29. The molecule has 96 valence electrons. The molecule has 3 nitrogen and oxygen atoms in total. The molecular formula is C16H15NO2. The number of methoxy groups -OCH3 is 1. The van der Waals surface area contributed by atoms with E-state index in [1.165, 1.54) is 0 Å². The Morgan fingerprint density at radius 3 is 2.37 bits per heavy atom. The van der Waals surface area contributed by atoms with Crippen molar-refractivity contribution in [3.63, 3.8) is 0 Å². The van der Waals surface area contributed by atoms with Crippen LogP contribution in [0, 0.1) is 0 Å². The summed E-state index contributed by atoms with van der Waals surface area (Å²) in [6.07, 6.45) is 0. The van der Waals surface area contributed by atoms with Crippen molar-refractivity contribution in [1.29, 1.82) is 0 Å². The van der Waals surface area contributed by atoms with E-state index >= 15 is 0 Å². The molecule has 0 aliphatic carbocycles. The molecule has 1 aliphatic heterocycles. The number of hydrogen-bond acceptors (Lipinski definition) is 3. The normalized spacial score (nSPS) is 20.9. The minimum absolute atomic E-state index is 0.101. The Morgan fingerprint density at radius 2 is 1.74 bits per heavy atom. The second-order valence-corrected chi connectivity index (χ2v) is 4.63. The number of Topliss-reactive ketones (excluding diaryl/α,β-unsaturated/α-hetero) is 1. The van der Waals surface area contributed by atoms with Gasteiger partial charge in [-0.2, -0.15) is 0 Å². The fourth-order valence-corrected chi connectivity index (χ4v) is 2.25. The lowest BCUT2D eigenvalue weighted by Gasteiger charge is -2.02. The standard InChI is InChI=1S/C16H15NO2/c1-19-13-9-7-12(8-10-13)16(18)15-14(17-15)11-5-3-2-4-6-11/h2-10,14-15,17H,1H3/t14-,15+/m0/s1. The smallest absolute Gasteiger partial charge is 0.181 e. The predicted molar refractivity (Wildman–Crippen MR) is 73.4 cm³/mol. The van der Waals surface area contributed by atoms with Gasteiger partial charge in [-0.3, -0.25) is 10.1 Å². The van der Waals surface area contributed by atoms with Crippen molar-refractivity contribution in [2.45, 2.75) is 12.1 Å². The highest BCUT2D eigenvalue weighted by atomic mass is 16.5. The van der Waals surface area contributed by atoms with Crippen LogP contribution in [0.25, 0.3) is 0 Å².